The van der Waals surface area contributed by atoms with Gasteiger partial charge in [0.25, 0.3) is 5.91 Å². The minimum atomic E-state index is -0.201. The van der Waals surface area contributed by atoms with E-state index in [1.54, 1.807) is 17.0 Å². The van der Waals surface area contributed by atoms with Gasteiger partial charge in [-0.05, 0) is 44.0 Å². The number of amides is 2. The number of imidazole rings is 1. The van der Waals surface area contributed by atoms with Crippen molar-refractivity contribution in [2.24, 2.45) is 5.92 Å². The zero-order valence-electron chi connectivity index (χ0n) is 15.1. The third-order valence-corrected chi connectivity index (χ3v) is 5.06. The van der Waals surface area contributed by atoms with Crippen LogP contribution in [0.3, 0.4) is 0 Å². The lowest BCUT2D eigenvalue weighted by molar-refractivity contribution is -0.127. The fourth-order valence-electron chi connectivity index (χ4n) is 3.48. The summed E-state index contributed by atoms with van der Waals surface area (Å²) in [5.74, 6) is 0.881. The molecule has 4 rings (SSSR count). The second-order valence-electron chi connectivity index (χ2n) is 6.91. The molecule has 1 aliphatic heterocycles. The largest absolute Gasteiger partial charge is 0.459 e. The molecule has 1 aromatic carbocycles. The smallest absolute Gasteiger partial charge is 0.289 e. The number of furan rings is 1. The first-order chi connectivity index (χ1) is 13.1. The van der Waals surface area contributed by atoms with E-state index >= 15 is 0 Å². The molecule has 7 heteroatoms. The van der Waals surface area contributed by atoms with Gasteiger partial charge in [0.15, 0.2) is 5.76 Å². The molecule has 2 N–H and O–H groups in total. The lowest BCUT2D eigenvalue weighted by atomic mass is 9.95. The Balaban J connectivity index is 1.33. The van der Waals surface area contributed by atoms with Crippen LogP contribution >= 0.6 is 0 Å². The van der Waals surface area contributed by atoms with Crippen molar-refractivity contribution >= 4 is 22.8 Å². The van der Waals surface area contributed by atoms with Crippen molar-refractivity contribution in [1.29, 1.82) is 0 Å². The van der Waals surface area contributed by atoms with E-state index < -0.39 is 0 Å². The molecule has 7 nitrogen and oxygen atoms in total. The van der Waals surface area contributed by atoms with E-state index in [-0.39, 0.29) is 23.8 Å². The number of hydrogen-bond donors (Lipinski definition) is 2. The van der Waals surface area contributed by atoms with Crippen LogP contribution in [-0.2, 0) is 4.79 Å². The number of hydrogen-bond acceptors (Lipinski definition) is 4. The molecule has 27 heavy (non-hydrogen) atoms. The summed E-state index contributed by atoms with van der Waals surface area (Å²) in [7, 11) is 0. The molecular weight excluding hydrogens is 344 g/mol. The number of aromatic amines is 1. The average molecular weight is 366 g/mol. The first kappa shape index (κ1) is 17.3. The van der Waals surface area contributed by atoms with Crippen molar-refractivity contribution in [2.45, 2.75) is 25.8 Å². The molecule has 0 aliphatic carbocycles. The molecule has 0 unspecified atom stereocenters. The number of benzene rings is 1. The Morgan fingerprint density at radius 1 is 1.22 bits per heavy atom. The van der Waals surface area contributed by atoms with Crippen LogP contribution in [0.5, 0.6) is 0 Å². The molecule has 2 amide bonds. The molecule has 3 aromatic rings. The van der Waals surface area contributed by atoms with Crippen LogP contribution in [-0.4, -0.2) is 39.8 Å². The highest BCUT2D eigenvalue weighted by Gasteiger charge is 2.29. The Hall–Kier alpha value is -3.09. The highest BCUT2D eigenvalue weighted by atomic mass is 16.3. The van der Waals surface area contributed by atoms with Crippen molar-refractivity contribution in [3.8, 4) is 0 Å². The van der Waals surface area contributed by atoms with E-state index in [1.807, 2.05) is 31.2 Å². The summed E-state index contributed by atoms with van der Waals surface area (Å²) in [4.78, 5) is 34.5. The van der Waals surface area contributed by atoms with E-state index in [9.17, 15) is 9.59 Å². The Labute approximate surface area is 156 Å². The van der Waals surface area contributed by atoms with Crippen LogP contribution in [0, 0.1) is 5.92 Å². The summed E-state index contributed by atoms with van der Waals surface area (Å²) in [6, 6.07) is 11.0. The van der Waals surface area contributed by atoms with Crippen LogP contribution in [0.2, 0.25) is 0 Å². The summed E-state index contributed by atoms with van der Waals surface area (Å²) < 4.78 is 5.17. The van der Waals surface area contributed by atoms with Crippen molar-refractivity contribution in [3.05, 3.63) is 54.2 Å². The van der Waals surface area contributed by atoms with Gasteiger partial charge in [0.05, 0.1) is 23.3 Å². The number of para-hydroxylation sites is 2. The number of piperidine rings is 1. The maximum atomic E-state index is 12.6. The lowest BCUT2D eigenvalue weighted by Gasteiger charge is -2.31. The minimum Gasteiger partial charge on any atom is -0.459 e. The fraction of sp³-hybridized carbons (Fsp3) is 0.350. The molecule has 2 aromatic heterocycles. The maximum Gasteiger partial charge on any atom is 0.289 e. The van der Waals surface area contributed by atoms with Crippen LogP contribution < -0.4 is 5.32 Å². The second-order valence-corrected chi connectivity index (χ2v) is 6.91. The third kappa shape index (κ3) is 3.58. The predicted molar refractivity (Wildman–Crippen MR) is 100.0 cm³/mol. The first-order valence-electron chi connectivity index (χ1n) is 9.19. The van der Waals surface area contributed by atoms with Crippen LogP contribution in [0.1, 0.15) is 42.2 Å². The average Bonchev–Trinajstić information content (AvgIpc) is 3.37. The number of rotatable bonds is 4. The normalized spacial score (nSPS) is 16.4. The molecule has 0 radical (unpaired) electrons. The highest BCUT2D eigenvalue weighted by molar-refractivity contribution is 5.91. The van der Waals surface area contributed by atoms with Gasteiger partial charge in [-0.3, -0.25) is 9.59 Å². The first-order valence-corrected chi connectivity index (χ1v) is 9.19. The quantitative estimate of drug-likeness (QED) is 0.743. The van der Waals surface area contributed by atoms with Crippen molar-refractivity contribution in [2.75, 3.05) is 13.1 Å². The Morgan fingerprint density at radius 3 is 2.70 bits per heavy atom. The summed E-state index contributed by atoms with van der Waals surface area (Å²) in [5, 5.41) is 3.04. The molecule has 1 fully saturated rings. The molecule has 140 valence electrons. The topological polar surface area (TPSA) is 91.2 Å². The molecule has 1 aliphatic rings. The predicted octanol–water partition coefficient (Wildman–Crippen LogP) is 2.89. The van der Waals surface area contributed by atoms with Gasteiger partial charge in [0, 0.05) is 19.0 Å². The zero-order chi connectivity index (χ0) is 18.8. The number of carbonyl (C=O) groups is 2. The fourth-order valence-corrected chi connectivity index (χ4v) is 3.48. The van der Waals surface area contributed by atoms with Gasteiger partial charge in [-0.25, -0.2) is 4.98 Å². The number of carbonyl (C=O) groups excluding carboxylic acids is 2. The van der Waals surface area contributed by atoms with E-state index in [0.29, 0.717) is 31.7 Å². The SMILES string of the molecule is C[C@@H](NC(=O)C1CCN(C(=O)c2ccco2)CC1)c1nc2ccccc2[nH]1. The molecular formula is C20H22N4O3. The Kier molecular flexibility index (Phi) is 4.66. The van der Waals surface area contributed by atoms with Crippen molar-refractivity contribution in [1.82, 2.24) is 20.2 Å². The number of likely N-dealkylation sites (tertiary alicyclic amines) is 1. The van der Waals surface area contributed by atoms with Crippen LogP contribution in [0.4, 0.5) is 0 Å². The zero-order valence-corrected chi connectivity index (χ0v) is 15.1. The number of aromatic nitrogens is 2. The Morgan fingerprint density at radius 2 is 2.00 bits per heavy atom. The van der Waals surface area contributed by atoms with E-state index in [2.05, 4.69) is 15.3 Å². The number of fused-ring (bicyclic) bond motifs is 1. The number of nitrogens with zero attached hydrogens (tertiary/aromatic N) is 2. The number of nitrogens with one attached hydrogen (secondary N) is 2. The standard InChI is InChI=1S/C20H22N4O3/c1-13(18-22-15-5-2-3-6-16(15)23-18)21-19(25)14-8-10-24(11-9-14)20(26)17-7-4-12-27-17/h2-7,12-14H,8-11H2,1H3,(H,21,25)(H,22,23)/t13-/m1/s1. The molecule has 1 saturated heterocycles. The van der Waals surface area contributed by atoms with E-state index in [4.69, 9.17) is 4.42 Å². The summed E-state index contributed by atoms with van der Waals surface area (Å²) in [6.07, 6.45) is 2.78. The van der Waals surface area contributed by atoms with Gasteiger partial charge in [-0.15, -0.1) is 0 Å². The summed E-state index contributed by atoms with van der Waals surface area (Å²) >= 11 is 0. The van der Waals surface area contributed by atoms with Gasteiger partial charge in [-0.1, -0.05) is 12.1 Å². The molecule has 0 spiro atoms. The molecule has 3 heterocycles. The van der Waals surface area contributed by atoms with E-state index in [1.165, 1.54) is 6.26 Å². The van der Waals surface area contributed by atoms with Gasteiger partial charge in [-0.2, -0.15) is 0 Å². The van der Waals surface area contributed by atoms with E-state index in [0.717, 1.165) is 16.9 Å². The summed E-state index contributed by atoms with van der Waals surface area (Å²) in [5.41, 5.74) is 1.84. The highest BCUT2D eigenvalue weighted by Crippen LogP contribution is 2.21. The molecule has 0 saturated carbocycles. The summed E-state index contributed by atoms with van der Waals surface area (Å²) in [6.45, 7) is 3.03. The van der Waals surface area contributed by atoms with Gasteiger partial charge in [0.1, 0.15) is 5.82 Å². The van der Waals surface area contributed by atoms with Gasteiger partial charge >= 0.3 is 0 Å². The van der Waals surface area contributed by atoms with Crippen LogP contribution in [0.15, 0.2) is 47.1 Å². The molecule has 1 atom stereocenters. The minimum absolute atomic E-state index is 0.00746. The van der Waals surface area contributed by atoms with Crippen molar-refractivity contribution in [3.63, 3.8) is 0 Å². The Bertz CT molecular complexity index is 906. The van der Waals surface area contributed by atoms with Gasteiger partial charge < -0.3 is 19.6 Å². The lowest BCUT2D eigenvalue weighted by Crippen LogP contribution is -2.43. The van der Waals surface area contributed by atoms with Crippen molar-refractivity contribution < 1.29 is 14.0 Å². The third-order valence-electron chi connectivity index (χ3n) is 5.06. The maximum absolute atomic E-state index is 12.6. The molecule has 0 bridgehead atoms. The van der Waals surface area contributed by atoms with Crippen LogP contribution in [0.25, 0.3) is 11.0 Å². The number of H-pyrrole nitrogens is 1. The second kappa shape index (κ2) is 7.26. The monoisotopic (exact) mass is 366 g/mol. The van der Waals surface area contributed by atoms with Gasteiger partial charge in [0.2, 0.25) is 5.91 Å².